The van der Waals surface area contributed by atoms with E-state index in [-0.39, 0.29) is 31.0 Å². The minimum absolute atomic E-state index is 0.0711. The maximum absolute atomic E-state index is 11.3. The van der Waals surface area contributed by atoms with Crippen LogP contribution >= 0.6 is 0 Å². The van der Waals surface area contributed by atoms with Crippen LogP contribution in [0.4, 0.5) is 0 Å². The summed E-state index contributed by atoms with van der Waals surface area (Å²) in [4.78, 5) is 23.2. The molecule has 2 heterocycles. The fourth-order valence-corrected chi connectivity index (χ4v) is 1.58. The van der Waals surface area contributed by atoms with Crippen LogP contribution in [-0.2, 0) is 14.3 Å². The van der Waals surface area contributed by atoms with Crippen LogP contribution in [0.25, 0.3) is 0 Å². The van der Waals surface area contributed by atoms with Crippen molar-refractivity contribution in [3.8, 4) is 0 Å². The van der Waals surface area contributed by atoms with Crippen LogP contribution in [0.5, 0.6) is 0 Å². The molecule has 2 aliphatic heterocycles. The van der Waals surface area contributed by atoms with Crippen LogP contribution in [0.15, 0.2) is 0 Å². The molecule has 5 nitrogen and oxygen atoms in total. The molecule has 2 aliphatic rings. The average molecular weight is 185 g/mol. The summed E-state index contributed by atoms with van der Waals surface area (Å²) in [6.07, 6.45) is 0.489. The molecular formula is C8H11NO4. The normalized spacial score (nSPS) is 30.0. The lowest BCUT2D eigenvalue weighted by Gasteiger charge is -2.16. The third-order valence-corrected chi connectivity index (χ3v) is 2.39. The number of aliphatic carboxylic acids is 1. The Morgan fingerprint density at radius 1 is 1.31 bits per heavy atom. The quantitative estimate of drug-likeness (QED) is 0.599. The number of morpholine rings is 1. The number of carbonyl (C=O) groups excluding carboxylic acids is 1. The first-order valence-electron chi connectivity index (χ1n) is 4.32. The summed E-state index contributed by atoms with van der Waals surface area (Å²) in [5.74, 6) is -0.993. The van der Waals surface area contributed by atoms with Crippen molar-refractivity contribution in [2.45, 2.75) is 25.0 Å². The molecule has 0 spiro atoms. The standard InChI is InChI=1S/C8H11NO4/c10-7(1-2-8(11)12)9-3-5-6(4-9)13-5/h5-6H,1-4H2,(H,11,12). The molecule has 2 fully saturated rings. The van der Waals surface area contributed by atoms with Crippen LogP contribution in [0, 0.1) is 0 Å². The van der Waals surface area contributed by atoms with E-state index in [1.807, 2.05) is 0 Å². The van der Waals surface area contributed by atoms with E-state index in [4.69, 9.17) is 9.84 Å². The van der Waals surface area contributed by atoms with Crippen molar-refractivity contribution >= 4 is 11.9 Å². The number of carboxylic acid groups (broad SMARTS) is 1. The molecule has 5 heteroatoms. The van der Waals surface area contributed by atoms with Crippen LogP contribution in [-0.4, -0.2) is 47.2 Å². The number of rotatable bonds is 3. The molecule has 2 rings (SSSR count). The molecule has 0 aliphatic carbocycles. The zero-order valence-electron chi connectivity index (χ0n) is 7.10. The molecule has 0 aromatic rings. The van der Waals surface area contributed by atoms with Gasteiger partial charge in [-0.05, 0) is 0 Å². The van der Waals surface area contributed by atoms with Crippen molar-refractivity contribution in [2.75, 3.05) is 13.1 Å². The van der Waals surface area contributed by atoms with Crippen LogP contribution < -0.4 is 0 Å². The molecule has 2 saturated heterocycles. The summed E-state index contributed by atoms with van der Waals surface area (Å²) >= 11 is 0. The summed E-state index contributed by atoms with van der Waals surface area (Å²) < 4.78 is 5.15. The lowest BCUT2D eigenvalue weighted by molar-refractivity contribution is -0.140. The predicted octanol–water partition coefficient (Wildman–Crippen LogP) is -0.539. The molecule has 2 atom stereocenters. The Kier molecular flexibility index (Phi) is 1.95. The van der Waals surface area contributed by atoms with Crippen molar-refractivity contribution in [2.24, 2.45) is 0 Å². The lowest BCUT2D eigenvalue weighted by Crippen LogP contribution is -2.31. The van der Waals surface area contributed by atoms with Gasteiger partial charge in [0.2, 0.25) is 5.91 Å². The number of fused-ring (bicyclic) bond motifs is 1. The van der Waals surface area contributed by atoms with E-state index < -0.39 is 5.97 Å². The molecule has 72 valence electrons. The number of carboxylic acids is 1. The number of ether oxygens (including phenoxy) is 1. The van der Waals surface area contributed by atoms with Crippen molar-refractivity contribution in [3.05, 3.63) is 0 Å². The second-order valence-corrected chi connectivity index (χ2v) is 3.41. The van der Waals surface area contributed by atoms with Gasteiger partial charge < -0.3 is 14.7 Å². The van der Waals surface area contributed by atoms with Crippen LogP contribution in [0.1, 0.15) is 12.8 Å². The van der Waals surface area contributed by atoms with Crippen molar-refractivity contribution in [1.29, 1.82) is 0 Å². The SMILES string of the molecule is O=C(O)CCC(=O)N1CC2OC2C1. The maximum atomic E-state index is 11.3. The van der Waals surface area contributed by atoms with Crippen LogP contribution in [0.2, 0.25) is 0 Å². The molecule has 0 saturated carbocycles. The van der Waals surface area contributed by atoms with E-state index in [2.05, 4.69) is 0 Å². The van der Waals surface area contributed by atoms with Gasteiger partial charge in [0.25, 0.3) is 0 Å². The van der Waals surface area contributed by atoms with E-state index in [1.54, 1.807) is 4.90 Å². The summed E-state index contributed by atoms with van der Waals surface area (Å²) in [5.41, 5.74) is 0. The zero-order valence-corrected chi connectivity index (χ0v) is 7.10. The van der Waals surface area contributed by atoms with Gasteiger partial charge in [0, 0.05) is 19.5 Å². The highest BCUT2D eigenvalue weighted by Gasteiger charge is 2.48. The van der Waals surface area contributed by atoms with Gasteiger partial charge in [-0.2, -0.15) is 0 Å². The molecule has 13 heavy (non-hydrogen) atoms. The largest absolute Gasteiger partial charge is 0.481 e. The summed E-state index contributed by atoms with van der Waals surface area (Å²) in [6, 6.07) is 0. The highest BCUT2D eigenvalue weighted by molar-refractivity contribution is 5.81. The number of carbonyl (C=O) groups is 2. The first-order chi connectivity index (χ1) is 6.16. The van der Waals surface area contributed by atoms with Crippen molar-refractivity contribution in [1.82, 2.24) is 4.90 Å². The van der Waals surface area contributed by atoms with Crippen LogP contribution in [0.3, 0.4) is 0 Å². The molecule has 2 unspecified atom stereocenters. The monoisotopic (exact) mass is 185 g/mol. The van der Waals surface area contributed by atoms with E-state index in [0.717, 1.165) is 0 Å². The van der Waals surface area contributed by atoms with Gasteiger partial charge in [-0.3, -0.25) is 9.59 Å². The number of hydrogen-bond acceptors (Lipinski definition) is 3. The van der Waals surface area contributed by atoms with E-state index in [1.165, 1.54) is 0 Å². The van der Waals surface area contributed by atoms with Gasteiger partial charge in [0.1, 0.15) is 12.2 Å². The third-order valence-electron chi connectivity index (χ3n) is 2.39. The molecule has 0 aromatic carbocycles. The summed E-state index contributed by atoms with van der Waals surface area (Å²) in [5, 5.41) is 8.37. The Morgan fingerprint density at radius 2 is 1.92 bits per heavy atom. The van der Waals surface area contributed by atoms with Crippen molar-refractivity contribution < 1.29 is 19.4 Å². The summed E-state index contributed by atoms with van der Waals surface area (Å²) in [6.45, 7) is 1.28. The molecule has 1 N–H and O–H groups in total. The number of nitrogens with zero attached hydrogens (tertiary/aromatic N) is 1. The van der Waals surface area contributed by atoms with Gasteiger partial charge in [-0.25, -0.2) is 0 Å². The fraction of sp³-hybridized carbons (Fsp3) is 0.750. The van der Waals surface area contributed by atoms with E-state index in [9.17, 15) is 9.59 Å². The minimum Gasteiger partial charge on any atom is -0.481 e. The Morgan fingerprint density at radius 3 is 2.46 bits per heavy atom. The highest BCUT2D eigenvalue weighted by Crippen LogP contribution is 2.30. The Bertz CT molecular complexity index is 243. The molecule has 1 amide bonds. The zero-order chi connectivity index (χ0) is 9.42. The van der Waals surface area contributed by atoms with E-state index >= 15 is 0 Å². The maximum Gasteiger partial charge on any atom is 0.303 e. The highest BCUT2D eigenvalue weighted by atomic mass is 16.6. The van der Waals surface area contributed by atoms with Gasteiger partial charge >= 0.3 is 5.97 Å². The fourth-order valence-electron chi connectivity index (χ4n) is 1.58. The molecule has 0 aromatic heterocycles. The first kappa shape index (κ1) is 8.50. The molecule has 0 radical (unpaired) electrons. The third kappa shape index (κ3) is 1.80. The van der Waals surface area contributed by atoms with Crippen molar-refractivity contribution in [3.63, 3.8) is 0 Å². The van der Waals surface area contributed by atoms with Gasteiger partial charge in [0.15, 0.2) is 0 Å². The second-order valence-electron chi connectivity index (χ2n) is 3.41. The predicted molar refractivity (Wildman–Crippen MR) is 42.1 cm³/mol. The first-order valence-corrected chi connectivity index (χ1v) is 4.32. The number of hydrogen-bond donors (Lipinski definition) is 1. The smallest absolute Gasteiger partial charge is 0.303 e. The number of epoxide rings is 1. The molecular weight excluding hydrogens is 174 g/mol. The Hall–Kier alpha value is -1.10. The topological polar surface area (TPSA) is 70.1 Å². The van der Waals surface area contributed by atoms with Gasteiger partial charge in [0.05, 0.1) is 6.42 Å². The molecule has 0 bridgehead atoms. The Labute approximate surface area is 75.3 Å². The second kappa shape index (κ2) is 2.99. The number of amides is 1. The summed E-state index contributed by atoms with van der Waals surface area (Å²) in [7, 11) is 0. The van der Waals surface area contributed by atoms with Gasteiger partial charge in [-0.15, -0.1) is 0 Å². The van der Waals surface area contributed by atoms with E-state index in [0.29, 0.717) is 13.1 Å². The number of likely N-dealkylation sites (tertiary alicyclic amines) is 1. The average Bonchev–Trinajstić information content (AvgIpc) is 2.69. The minimum atomic E-state index is -0.922. The van der Waals surface area contributed by atoms with Gasteiger partial charge in [-0.1, -0.05) is 0 Å². The Balaban J connectivity index is 1.74. The lowest BCUT2D eigenvalue weighted by atomic mass is 10.3.